The van der Waals surface area contributed by atoms with Crippen LogP contribution in [-0.2, 0) is 24.2 Å². The van der Waals surface area contributed by atoms with Gasteiger partial charge in [0.1, 0.15) is 4.83 Å². The normalized spacial score (nSPS) is 20.1. The Morgan fingerprint density at radius 3 is 3.08 bits per heavy atom. The summed E-state index contributed by atoms with van der Waals surface area (Å²) in [6.45, 7) is 3.16. The van der Waals surface area contributed by atoms with Gasteiger partial charge in [0.25, 0.3) is 5.56 Å². The van der Waals surface area contributed by atoms with Crippen molar-refractivity contribution in [1.29, 1.82) is 0 Å². The van der Waals surface area contributed by atoms with Crippen LogP contribution in [0.1, 0.15) is 42.5 Å². The summed E-state index contributed by atoms with van der Waals surface area (Å²) < 4.78 is 1.60. The first kappa shape index (κ1) is 17.7. The molecule has 2 aromatic heterocycles. The Morgan fingerprint density at radius 2 is 2.23 bits per heavy atom. The van der Waals surface area contributed by atoms with E-state index in [0.29, 0.717) is 18.9 Å². The van der Waals surface area contributed by atoms with E-state index in [1.54, 1.807) is 22.2 Å². The van der Waals surface area contributed by atoms with Gasteiger partial charge in [0.2, 0.25) is 5.91 Å². The Balaban J connectivity index is 1.40. The Bertz CT molecular complexity index is 851. The molecule has 6 nitrogen and oxygen atoms in total. The molecule has 4 rings (SSSR count). The van der Waals surface area contributed by atoms with Crippen LogP contribution in [0.3, 0.4) is 0 Å². The summed E-state index contributed by atoms with van der Waals surface area (Å²) >= 11 is 1.66. The largest absolute Gasteiger partial charge is 0.356 e. The fourth-order valence-corrected chi connectivity index (χ4v) is 5.23. The maximum Gasteiger partial charge on any atom is 0.262 e. The van der Waals surface area contributed by atoms with Gasteiger partial charge in [-0.15, -0.1) is 11.3 Å². The van der Waals surface area contributed by atoms with Crippen LogP contribution in [0.2, 0.25) is 0 Å². The SMILES string of the molecule is O=C(CCn1cnc2sc3c(c2c1=O)CCCC3)NCC1CCCNC1. The summed E-state index contributed by atoms with van der Waals surface area (Å²) in [7, 11) is 0. The smallest absolute Gasteiger partial charge is 0.262 e. The number of thiophene rings is 1. The monoisotopic (exact) mass is 374 g/mol. The average molecular weight is 375 g/mol. The lowest BCUT2D eigenvalue weighted by atomic mass is 9.97. The van der Waals surface area contributed by atoms with Gasteiger partial charge >= 0.3 is 0 Å². The second-order valence-corrected chi connectivity index (χ2v) is 8.48. The fraction of sp³-hybridized carbons (Fsp3) is 0.632. The van der Waals surface area contributed by atoms with Crippen molar-refractivity contribution < 1.29 is 4.79 Å². The zero-order valence-electron chi connectivity index (χ0n) is 15.1. The van der Waals surface area contributed by atoms with Gasteiger partial charge in [-0.2, -0.15) is 0 Å². The molecule has 0 aromatic carbocycles. The second kappa shape index (κ2) is 7.88. The fourth-order valence-electron chi connectivity index (χ4n) is 4.01. The maximum absolute atomic E-state index is 12.9. The number of rotatable bonds is 5. The van der Waals surface area contributed by atoms with Crippen LogP contribution in [0.15, 0.2) is 11.1 Å². The molecular weight excluding hydrogens is 348 g/mol. The van der Waals surface area contributed by atoms with Crippen LogP contribution in [-0.4, -0.2) is 35.1 Å². The quantitative estimate of drug-likeness (QED) is 0.837. The predicted octanol–water partition coefficient (Wildman–Crippen LogP) is 1.84. The lowest BCUT2D eigenvalue weighted by Gasteiger charge is -2.22. The molecular formula is C19H26N4O2S. The van der Waals surface area contributed by atoms with Crippen LogP contribution < -0.4 is 16.2 Å². The molecule has 2 aromatic rings. The van der Waals surface area contributed by atoms with E-state index in [0.717, 1.165) is 55.5 Å². The minimum Gasteiger partial charge on any atom is -0.356 e. The molecule has 0 saturated carbocycles. The van der Waals surface area contributed by atoms with Gasteiger partial charge in [-0.1, -0.05) is 0 Å². The van der Waals surface area contributed by atoms with E-state index >= 15 is 0 Å². The Morgan fingerprint density at radius 1 is 1.35 bits per heavy atom. The number of piperidine rings is 1. The molecule has 1 saturated heterocycles. The molecule has 1 atom stereocenters. The minimum absolute atomic E-state index is 0.00918. The zero-order valence-corrected chi connectivity index (χ0v) is 15.9. The molecule has 1 aliphatic carbocycles. The first-order chi connectivity index (χ1) is 12.7. The second-order valence-electron chi connectivity index (χ2n) is 7.40. The number of nitrogens with zero attached hydrogens (tertiary/aromatic N) is 2. The van der Waals surface area contributed by atoms with Crippen LogP contribution in [0, 0.1) is 5.92 Å². The molecule has 0 bridgehead atoms. The summed E-state index contributed by atoms with van der Waals surface area (Å²) in [5.41, 5.74) is 1.22. The Kier molecular flexibility index (Phi) is 5.36. The molecule has 0 spiro atoms. The van der Waals surface area contributed by atoms with Gasteiger partial charge in [-0.05, 0) is 63.1 Å². The lowest BCUT2D eigenvalue weighted by molar-refractivity contribution is -0.121. The van der Waals surface area contributed by atoms with Crippen LogP contribution in [0.4, 0.5) is 0 Å². The number of carbonyl (C=O) groups excluding carboxylic acids is 1. The van der Waals surface area contributed by atoms with Crippen LogP contribution in [0.5, 0.6) is 0 Å². The van der Waals surface area contributed by atoms with Crippen molar-refractivity contribution in [1.82, 2.24) is 20.2 Å². The zero-order chi connectivity index (χ0) is 17.9. The average Bonchev–Trinajstić information content (AvgIpc) is 3.06. The predicted molar refractivity (Wildman–Crippen MR) is 104 cm³/mol. The highest BCUT2D eigenvalue weighted by Gasteiger charge is 2.20. The maximum atomic E-state index is 12.9. The Labute approximate surface area is 157 Å². The van der Waals surface area contributed by atoms with E-state index in [1.807, 2.05) is 0 Å². The number of fused-ring (bicyclic) bond motifs is 3. The van der Waals surface area contributed by atoms with Crippen molar-refractivity contribution in [2.24, 2.45) is 5.92 Å². The number of aryl methyl sites for hydroxylation is 3. The molecule has 2 N–H and O–H groups in total. The number of aromatic nitrogens is 2. The topological polar surface area (TPSA) is 76.0 Å². The highest BCUT2D eigenvalue weighted by Crippen LogP contribution is 2.33. The van der Waals surface area contributed by atoms with Crippen LogP contribution >= 0.6 is 11.3 Å². The van der Waals surface area contributed by atoms with E-state index in [4.69, 9.17) is 0 Å². The summed E-state index contributed by atoms with van der Waals surface area (Å²) in [6.07, 6.45) is 8.64. The van der Waals surface area contributed by atoms with Gasteiger partial charge in [0, 0.05) is 24.4 Å². The summed E-state index contributed by atoms with van der Waals surface area (Å²) in [5, 5.41) is 7.16. The lowest BCUT2D eigenvalue weighted by Crippen LogP contribution is -2.38. The van der Waals surface area contributed by atoms with E-state index < -0.39 is 0 Å². The highest BCUT2D eigenvalue weighted by molar-refractivity contribution is 7.18. The molecule has 26 heavy (non-hydrogen) atoms. The first-order valence-electron chi connectivity index (χ1n) is 9.69. The number of hydrogen-bond donors (Lipinski definition) is 2. The minimum atomic E-state index is 0.00918. The molecule has 2 aliphatic rings. The van der Waals surface area contributed by atoms with E-state index in [1.165, 1.54) is 23.3 Å². The molecule has 140 valence electrons. The molecule has 3 heterocycles. The van der Waals surface area contributed by atoms with Gasteiger partial charge in [-0.3, -0.25) is 14.2 Å². The third kappa shape index (κ3) is 3.69. The number of hydrogen-bond acceptors (Lipinski definition) is 5. The molecule has 7 heteroatoms. The molecule has 0 radical (unpaired) electrons. The van der Waals surface area contributed by atoms with Crippen molar-refractivity contribution in [3.8, 4) is 0 Å². The molecule has 1 unspecified atom stereocenters. The number of amides is 1. The molecule has 1 aliphatic heterocycles. The van der Waals surface area contributed by atoms with Crippen molar-refractivity contribution in [3.05, 3.63) is 27.1 Å². The van der Waals surface area contributed by atoms with Gasteiger partial charge in [-0.25, -0.2) is 4.98 Å². The standard InChI is InChI=1S/C19H26N4O2S/c24-16(21-11-13-4-3-8-20-10-13)7-9-23-12-22-18-17(19(23)25)14-5-1-2-6-15(14)26-18/h12-13,20H,1-11H2,(H,21,24). The van der Waals surface area contributed by atoms with Crippen LogP contribution in [0.25, 0.3) is 10.2 Å². The number of nitrogens with one attached hydrogen (secondary N) is 2. The van der Waals surface area contributed by atoms with Crippen molar-refractivity contribution in [3.63, 3.8) is 0 Å². The third-order valence-electron chi connectivity index (χ3n) is 5.51. The van der Waals surface area contributed by atoms with E-state index in [9.17, 15) is 9.59 Å². The first-order valence-corrected chi connectivity index (χ1v) is 10.5. The summed E-state index contributed by atoms with van der Waals surface area (Å²) in [4.78, 5) is 31.7. The summed E-state index contributed by atoms with van der Waals surface area (Å²) in [5.74, 6) is 0.528. The van der Waals surface area contributed by atoms with Gasteiger partial charge in [0.05, 0.1) is 11.7 Å². The van der Waals surface area contributed by atoms with E-state index in [2.05, 4.69) is 15.6 Å². The summed E-state index contributed by atoms with van der Waals surface area (Å²) in [6, 6.07) is 0. The number of carbonyl (C=O) groups is 1. The van der Waals surface area contributed by atoms with E-state index in [-0.39, 0.29) is 11.5 Å². The highest BCUT2D eigenvalue weighted by atomic mass is 32.1. The Hall–Kier alpha value is -1.73. The van der Waals surface area contributed by atoms with Gasteiger partial charge < -0.3 is 10.6 Å². The van der Waals surface area contributed by atoms with Crippen molar-refractivity contribution >= 4 is 27.5 Å². The molecule has 1 fully saturated rings. The molecule has 1 amide bonds. The van der Waals surface area contributed by atoms with Crippen molar-refractivity contribution in [2.45, 2.75) is 51.5 Å². The third-order valence-corrected chi connectivity index (χ3v) is 6.71. The van der Waals surface area contributed by atoms with Crippen molar-refractivity contribution in [2.75, 3.05) is 19.6 Å². The van der Waals surface area contributed by atoms with Gasteiger partial charge in [0.15, 0.2) is 0 Å².